The predicted molar refractivity (Wildman–Crippen MR) is 83.2 cm³/mol. The van der Waals surface area contributed by atoms with Gasteiger partial charge in [-0.05, 0) is 54.1 Å². The van der Waals surface area contributed by atoms with Crippen LogP contribution in [0.3, 0.4) is 0 Å². The third-order valence-corrected chi connectivity index (χ3v) is 2.82. The summed E-state index contributed by atoms with van der Waals surface area (Å²) in [4.78, 5) is 4.17. The number of thiocarbonyl (C=S) groups is 1. The average Bonchev–Trinajstić information content (AvgIpc) is 2.39. The average molecular weight is 348 g/mol. The van der Waals surface area contributed by atoms with Gasteiger partial charge in [-0.2, -0.15) is 0 Å². The Morgan fingerprint density at radius 2 is 2.05 bits per heavy atom. The van der Waals surface area contributed by atoms with Crippen LogP contribution in [0.25, 0.3) is 0 Å². The molecule has 0 fully saturated rings. The summed E-state index contributed by atoms with van der Waals surface area (Å²) in [5.74, 6) is 0.685. The lowest BCUT2D eigenvalue weighted by Gasteiger charge is -2.18. The van der Waals surface area contributed by atoms with Gasteiger partial charge < -0.3 is 20.1 Å². The van der Waals surface area contributed by atoms with Gasteiger partial charge >= 0.3 is 0 Å². The first-order valence-electron chi connectivity index (χ1n) is 6.05. The van der Waals surface area contributed by atoms with Crippen molar-refractivity contribution in [1.82, 2.24) is 10.3 Å². The normalized spacial score (nSPS) is 10.5. The van der Waals surface area contributed by atoms with Gasteiger partial charge in [0, 0.05) is 23.9 Å². The molecule has 0 aliphatic rings. The molecule has 0 aliphatic carbocycles. The maximum Gasteiger partial charge on any atom is 0.174 e. The molecule has 0 atom stereocenters. The first-order chi connectivity index (χ1) is 9.15. The van der Waals surface area contributed by atoms with Gasteiger partial charge in [0.15, 0.2) is 11.4 Å². The van der Waals surface area contributed by atoms with E-state index in [1.165, 1.54) is 0 Å². The van der Waals surface area contributed by atoms with Crippen molar-refractivity contribution in [2.75, 3.05) is 25.1 Å². The lowest BCUT2D eigenvalue weighted by Crippen LogP contribution is -2.37. The molecule has 106 valence electrons. The van der Waals surface area contributed by atoms with E-state index in [-0.39, 0.29) is 6.29 Å². The molecule has 0 amide bonds. The lowest BCUT2D eigenvalue weighted by atomic mass is 10.5. The first kappa shape index (κ1) is 16.3. The third-order valence-electron chi connectivity index (χ3n) is 2.10. The maximum absolute atomic E-state index is 5.40. The standard InChI is InChI=1S/C12H18BrN3O2S/c1-3-17-11(18-4-2)8-15-12(19)16-10-6-5-9(13)7-14-10/h5-7,11H,3-4,8H2,1-2H3,(H2,14,15,16,19). The molecule has 2 N–H and O–H groups in total. The highest BCUT2D eigenvalue weighted by atomic mass is 79.9. The van der Waals surface area contributed by atoms with E-state index in [0.717, 1.165) is 4.47 Å². The Balaban J connectivity index is 2.35. The summed E-state index contributed by atoms with van der Waals surface area (Å²) >= 11 is 8.49. The van der Waals surface area contributed by atoms with Crippen LogP contribution < -0.4 is 10.6 Å². The second-order valence-electron chi connectivity index (χ2n) is 3.54. The molecule has 0 radical (unpaired) electrons. The van der Waals surface area contributed by atoms with Crippen molar-refractivity contribution < 1.29 is 9.47 Å². The van der Waals surface area contributed by atoms with Crippen molar-refractivity contribution in [3.63, 3.8) is 0 Å². The van der Waals surface area contributed by atoms with Crippen LogP contribution in [-0.2, 0) is 9.47 Å². The van der Waals surface area contributed by atoms with Gasteiger partial charge in [-0.25, -0.2) is 4.98 Å². The van der Waals surface area contributed by atoms with Gasteiger partial charge in [0.05, 0.1) is 6.54 Å². The van der Waals surface area contributed by atoms with Crippen molar-refractivity contribution in [2.24, 2.45) is 0 Å². The number of nitrogens with zero attached hydrogens (tertiary/aromatic N) is 1. The molecule has 0 aromatic carbocycles. The van der Waals surface area contributed by atoms with E-state index < -0.39 is 0 Å². The van der Waals surface area contributed by atoms with Gasteiger partial charge in [-0.1, -0.05) is 0 Å². The van der Waals surface area contributed by atoms with Crippen molar-refractivity contribution in [1.29, 1.82) is 0 Å². The van der Waals surface area contributed by atoms with Gasteiger partial charge in [-0.15, -0.1) is 0 Å². The fraction of sp³-hybridized carbons (Fsp3) is 0.500. The molecular weight excluding hydrogens is 330 g/mol. The Morgan fingerprint density at radius 1 is 1.37 bits per heavy atom. The summed E-state index contributed by atoms with van der Waals surface area (Å²) < 4.78 is 11.7. The number of anilines is 1. The van der Waals surface area contributed by atoms with E-state index in [9.17, 15) is 0 Å². The monoisotopic (exact) mass is 347 g/mol. The fourth-order valence-electron chi connectivity index (χ4n) is 1.32. The molecule has 1 aromatic heterocycles. The van der Waals surface area contributed by atoms with E-state index in [0.29, 0.717) is 30.7 Å². The van der Waals surface area contributed by atoms with Crippen molar-refractivity contribution in [3.05, 3.63) is 22.8 Å². The van der Waals surface area contributed by atoms with Crippen LogP contribution in [0.2, 0.25) is 0 Å². The molecular formula is C12H18BrN3O2S. The minimum absolute atomic E-state index is 0.298. The summed E-state index contributed by atoms with van der Waals surface area (Å²) in [6, 6.07) is 3.72. The van der Waals surface area contributed by atoms with Gasteiger partial charge in [0.2, 0.25) is 0 Å². The number of hydrogen-bond acceptors (Lipinski definition) is 4. The highest BCUT2D eigenvalue weighted by molar-refractivity contribution is 9.10. The fourth-order valence-corrected chi connectivity index (χ4v) is 1.75. The number of rotatable bonds is 7. The number of ether oxygens (including phenoxy) is 2. The molecule has 0 saturated carbocycles. The topological polar surface area (TPSA) is 55.4 Å². The summed E-state index contributed by atoms with van der Waals surface area (Å²) in [6.07, 6.45) is 1.40. The highest BCUT2D eigenvalue weighted by Gasteiger charge is 2.08. The quantitative estimate of drug-likeness (QED) is 0.583. The van der Waals surface area contributed by atoms with Crippen molar-refractivity contribution in [3.8, 4) is 0 Å². The second-order valence-corrected chi connectivity index (χ2v) is 4.86. The zero-order valence-electron chi connectivity index (χ0n) is 11.0. The molecule has 0 aliphatic heterocycles. The van der Waals surface area contributed by atoms with Crippen LogP contribution in [0.5, 0.6) is 0 Å². The van der Waals surface area contributed by atoms with Crippen molar-refractivity contribution in [2.45, 2.75) is 20.1 Å². The van der Waals surface area contributed by atoms with Crippen LogP contribution in [0.15, 0.2) is 22.8 Å². The Morgan fingerprint density at radius 3 is 2.58 bits per heavy atom. The summed E-state index contributed by atoms with van der Waals surface area (Å²) in [5.41, 5.74) is 0. The highest BCUT2D eigenvalue weighted by Crippen LogP contribution is 2.10. The number of pyridine rings is 1. The Kier molecular flexibility index (Phi) is 7.88. The van der Waals surface area contributed by atoms with E-state index in [1.807, 2.05) is 26.0 Å². The van der Waals surface area contributed by atoms with Gasteiger partial charge in [-0.3, -0.25) is 0 Å². The molecule has 0 saturated heterocycles. The van der Waals surface area contributed by atoms with E-state index in [2.05, 4.69) is 31.5 Å². The second kappa shape index (κ2) is 9.19. The smallest absolute Gasteiger partial charge is 0.174 e. The minimum atomic E-state index is -0.298. The molecule has 0 unspecified atom stereocenters. The molecule has 19 heavy (non-hydrogen) atoms. The first-order valence-corrected chi connectivity index (χ1v) is 7.25. The predicted octanol–water partition coefficient (Wildman–Crippen LogP) is 2.53. The number of aromatic nitrogens is 1. The summed E-state index contributed by atoms with van der Waals surface area (Å²) in [5, 5.41) is 6.51. The third kappa shape index (κ3) is 6.81. The molecule has 0 spiro atoms. The number of nitrogens with one attached hydrogen (secondary N) is 2. The number of halogens is 1. The summed E-state index contributed by atoms with van der Waals surface area (Å²) in [6.45, 7) is 5.54. The molecule has 5 nitrogen and oxygen atoms in total. The Bertz CT molecular complexity index is 383. The van der Waals surface area contributed by atoms with Crippen LogP contribution in [0.1, 0.15) is 13.8 Å². The largest absolute Gasteiger partial charge is 0.357 e. The molecule has 1 heterocycles. The van der Waals surface area contributed by atoms with Crippen LogP contribution in [0, 0.1) is 0 Å². The zero-order valence-corrected chi connectivity index (χ0v) is 13.4. The van der Waals surface area contributed by atoms with E-state index in [1.54, 1.807) is 6.20 Å². The van der Waals surface area contributed by atoms with E-state index in [4.69, 9.17) is 21.7 Å². The lowest BCUT2D eigenvalue weighted by molar-refractivity contribution is -0.130. The molecule has 0 bridgehead atoms. The Hall–Kier alpha value is -0.760. The van der Waals surface area contributed by atoms with Gasteiger partial charge in [0.25, 0.3) is 0 Å². The van der Waals surface area contributed by atoms with Crippen LogP contribution in [-0.4, -0.2) is 36.1 Å². The molecule has 7 heteroatoms. The van der Waals surface area contributed by atoms with Crippen LogP contribution >= 0.6 is 28.1 Å². The molecule has 1 rings (SSSR count). The number of hydrogen-bond donors (Lipinski definition) is 2. The minimum Gasteiger partial charge on any atom is -0.357 e. The van der Waals surface area contributed by atoms with Crippen LogP contribution in [0.4, 0.5) is 5.82 Å². The SMILES string of the molecule is CCOC(CNC(=S)Nc1ccc(Br)cn1)OCC. The molecule has 1 aromatic rings. The maximum atomic E-state index is 5.40. The van der Waals surface area contributed by atoms with Crippen molar-refractivity contribution >= 4 is 39.1 Å². The van der Waals surface area contributed by atoms with Gasteiger partial charge in [0.1, 0.15) is 5.82 Å². The Labute approximate surface area is 127 Å². The summed E-state index contributed by atoms with van der Waals surface area (Å²) in [7, 11) is 0. The van der Waals surface area contributed by atoms with E-state index >= 15 is 0 Å². The zero-order chi connectivity index (χ0) is 14.1.